The predicted molar refractivity (Wildman–Crippen MR) is 122 cm³/mol. The van der Waals surface area contributed by atoms with E-state index in [-0.39, 0.29) is 23.7 Å². The first-order chi connectivity index (χ1) is 14.4. The fraction of sp³-hybridized carbons (Fsp3) is 0.375. The van der Waals surface area contributed by atoms with Crippen molar-refractivity contribution in [2.24, 2.45) is 11.8 Å². The summed E-state index contributed by atoms with van der Waals surface area (Å²) >= 11 is 0. The zero-order valence-corrected chi connectivity index (χ0v) is 18.4. The van der Waals surface area contributed by atoms with E-state index in [0.29, 0.717) is 17.0 Å². The minimum atomic E-state index is -0.252. The van der Waals surface area contributed by atoms with Crippen LogP contribution in [0.15, 0.2) is 54.5 Å². The van der Waals surface area contributed by atoms with Crippen LogP contribution in [-0.4, -0.2) is 21.6 Å². The monoisotopic (exact) mass is 408 g/mol. The number of allylic oxidation sites excluding steroid dienone is 4. The van der Waals surface area contributed by atoms with Gasteiger partial charge in [-0.2, -0.15) is 5.10 Å². The SMILES string of the molecule is C=Cc1c(C(=O)NC2=CC(C(=C)NC(=O)C3CC3)CC=C2C)cnn1/C=C\C.CC. The number of hydrogen-bond acceptors (Lipinski definition) is 3. The number of amides is 2. The molecule has 0 radical (unpaired) electrons. The molecule has 1 saturated carbocycles. The lowest BCUT2D eigenvalue weighted by Gasteiger charge is -2.23. The van der Waals surface area contributed by atoms with Crippen molar-refractivity contribution in [1.29, 1.82) is 0 Å². The zero-order chi connectivity index (χ0) is 22.3. The highest BCUT2D eigenvalue weighted by molar-refractivity contribution is 5.98. The Labute approximate surface area is 179 Å². The first-order valence-electron chi connectivity index (χ1n) is 10.5. The van der Waals surface area contributed by atoms with Gasteiger partial charge in [0.05, 0.1) is 17.5 Å². The number of carbonyl (C=O) groups is 2. The third-order valence-corrected chi connectivity index (χ3v) is 4.96. The second kappa shape index (κ2) is 10.6. The number of carbonyl (C=O) groups excluding carboxylic acids is 2. The lowest BCUT2D eigenvalue weighted by molar-refractivity contribution is -0.121. The fourth-order valence-electron chi connectivity index (χ4n) is 3.10. The molecular weight excluding hydrogens is 376 g/mol. The van der Waals surface area contributed by atoms with Gasteiger partial charge in [0.15, 0.2) is 0 Å². The van der Waals surface area contributed by atoms with Crippen molar-refractivity contribution in [3.63, 3.8) is 0 Å². The molecule has 2 N–H and O–H groups in total. The zero-order valence-electron chi connectivity index (χ0n) is 18.4. The fourth-order valence-corrected chi connectivity index (χ4v) is 3.10. The maximum absolute atomic E-state index is 12.8. The Morgan fingerprint density at radius 2 is 2.00 bits per heavy atom. The van der Waals surface area contributed by atoms with Crippen molar-refractivity contribution in [2.75, 3.05) is 0 Å². The minimum Gasteiger partial charge on any atom is -0.330 e. The van der Waals surface area contributed by atoms with Crippen LogP contribution in [0.25, 0.3) is 12.3 Å². The molecule has 1 heterocycles. The molecule has 160 valence electrons. The molecule has 1 fully saturated rings. The van der Waals surface area contributed by atoms with E-state index in [2.05, 4.69) is 28.9 Å². The molecular formula is C24H32N4O2. The Bertz CT molecular complexity index is 914. The van der Waals surface area contributed by atoms with Gasteiger partial charge in [-0.25, -0.2) is 4.68 Å². The summed E-state index contributed by atoms with van der Waals surface area (Å²) in [5, 5.41) is 10.1. The Hall–Kier alpha value is -3.15. The third-order valence-electron chi connectivity index (χ3n) is 4.96. The van der Waals surface area contributed by atoms with Gasteiger partial charge in [-0.1, -0.05) is 45.2 Å². The normalized spacial score (nSPS) is 17.9. The lowest BCUT2D eigenvalue weighted by Crippen LogP contribution is -2.30. The summed E-state index contributed by atoms with van der Waals surface area (Å²) in [6.45, 7) is 15.6. The number of nitrogens with one attached hydrogen (secondary N) is 2. The molecule has 6 nitrogen and oxygen atoms in total. The van der Waals surface area contributed by atoms with Crippen LogP contribution in [0.1, 0.15) is 63.0 Å². The molecule has 1 atom stereocenters. The third kappa shape index (κ3) is 5.47. The molecule has 0 spiro atoms. The molecule has 1 aromatic rings. The molecule has 3 rings (SSSR count). The molecule has 2 aliphatic carbocycles. The number of hydrogen-bond donors (Lipinski definition) is 2. The Balaban J connectivity index is 0.00000155. The minimum absolute atomic E-state index is 0.0438. The van der Waals surface area contributed by atoms with Gasteiger partial charge in [0.1, 0.15) is 0 Å². The van der Waals surface area contributed by atoms with Crippen LogP contribution in [-0.2, 0) is 4.79 Å². The Morgan fingerprint density at radius 3 is 2.60 bits per heavy atom. The molecule has 2 amide bonds. The van der Waals surface area contributed by atoms with E-state index in [1.807, 2.05) is 45.9 Å². The van der Waals surface area contributed by atoms with Gasteiger partial charge in [-0.15, -0.1) is 0 Å². The van der Waals surface area contributed by atoms with Crippen LogP contribution in [0.2, 0.25) is 0 Å². The van der Waals surface area contributed by atoms with E-state index < -0.39 is 0 Å². The van der Waals surface area contributed by atoms with Gasteiger partial charge in [0.2, 0.25) is 5.91 Å². The summed E-state index contributed by atoms with van der Waals surface area (Å²) in [6, 6.07) is 0. The Kier molecular flexibility index (Phi) is 8.16. The van der Waals surface area contributed by atoms with E-state index in [0.717, 1.165) is 30.5 Å². The van der Waals surface area contributed by atoms with Crippen LogP contribution < -0.4 is 10.6 Å². The van der Waals surface area contributed by atoms with Gasteiger partial charge < -0.3 is 10.6 Å². The molecule has 0 aromatic carbocycles. The highest BCUT2D eigenvalue weighted by atomic mass is 16.2. The van der Waals surface area contributed by atoms with Crippen molar-refractivity contribution in [1.82, 2.24) is 20.4 Å². The molecule has 0 aliphatic heterocycles. The van der Waals surface area contributed by atoms with E-state index >= 15 is 0 Å². The molecule has 1 unspecified atom stereocenters. The largest absolute Gasteiger partial charge is 0.330 e. The van der Waals surface area contributed by atoms with E-state index in [9.17, 15) is 9.59 Å². The maximum atomic E-state index is 12.8. The highest BCUT2D eigenvalue weighted by Crippen LogP contribution is 2.30. The number of aromatic nitrogens is 2. The number of rotatable bonds is 7. The maximum Gasteiger partial charge on any atom is 0.259 e. The van der Waals surface area contributed by atoms with Crippen LogP contribution in [0.5, 0.6) is 0 Å². The van der Waals surface area contributed by atoms with Gasteiger partial charge in [0, 0.05) is 29.4 Å². The highest BCUT2D eigenvalue weighted by Gasteiger charge is 2.30. The van der Waals surface area contributed by atoms with E-state index in [1.165, 1.54) is 6.20 Å². The molecule has 30 heavy (non-hydrogen) atoms. The van der Waals surface area contributed by atoms with Crippen molar-refractivity contribution in [2.45, 2.75) is 47.0 Å². The van der Waals surface area contributed by atoms with Crippen molar-refractivity contribution < 1.29 is 9.59 Å². The molecule has 6 heteroatoms. The summed E-state index contributed by atoms with van der Waals surface area (Å²) in [5.74, 6) is -0.127. The Morgan fingerprint density at radius 1 is 1.30 bits per heavy atom. The van der Waals surface area contributed by atoms with Crippen LogP contribution in [0.4, 0.5) is 0 Å². The van der Waals surface area contributed by atoms with Crippen molar-refractivity contribution >= 4 is 24.1 Å². The van der Waals surface area contributed by atoms with Gasteiger partial charge in [-0.05, 0) is 44.8 Å². The molecule has 2 aliphatic rings. The average molecular weight is 409 g/mol. The van der Waals surface area contributed by atoms with Crippen molar-refractivity contribution in [3.05, 3.63) is 65.8 Å². The molecule has 1 aromatic heterocycles. The molecule has 0 bridgehead atoms. The standard InChI is InChI=1S/C22H26N4O2.C2H6/c1-5-11-26-20(6-2)18(13-23-26)22(28)25-19-12-17(8-7-14(19)3)15(4)24-21(27)16-9-10-16;1-2/h5-7,11-13,16-17H,2,4,8-10H2,1,3H3,(H,24,27)(H,25,28);1-2H3/b11-5-;. The second-order valence-electron chi connectivity index (χ2n) is 7.13. The average Bonchev–Trinajstić information content (AvgIpc) is 3.52. The summed E-state index contributed by atoms with van der Waals surface area (Å²) in [4.78, 5) is 24.8. The number of nitrogens with zero attached hydrogens (tertiary/aromatic N) is 2. The van der Waals surface area contributed by atoms with Crippen LogP contribution >= 0.6 is 0 Å². The van der Waals surface area contributed by atoms with E-state index in [4.69, 9.17) is 0 Å². The smallest absolute Gasteiger partial charge is 0.259 e. The van der Waals surface area contributed by atoms with Gasteiger partial charge in [-0.3, -0.25) is 9.59 Å². The lowest BCUT2D eigenvalue weighted by atomic mass is 9.92. The predicted octanol–water partition coefficient (Wildman–Crippen LogP) is 4.66. The molecule has 0 saturated heterocycles. The summed E-state index contributed by atoms with van der Waals surface area (Å²) < 4.78 is 1.61. The summed E-state index contributed by atoms with van der Waals surface area (Å²) in [7, 11) is 0. The summed E-state index contributed by atoms with van der Waals surface area (Å²) in [5.41, 5.74) is 3.44. The van der Waals surface area contributed by atoms with Gasteiger partial charge >= 0.3 is 0 Å². The summed E-state index contributed by atoms with van der Waals surface area (Å²) in [6.07, 6.45) is 13.4. The van der Waals surface area contributed by atoms with Crippen LogP contribution in [0, 0.1) is 11.8 Å². The quantitative estimate of drug-likeness (QED) is 0.689. The second-order valence-corrected chi connectivity index (χ2v) is 7.13. The van der Waals surface area contributed by atoms with Gasteiger partial charge in [0.25, 0.3) is 5.91 Å². The first kappa shape index (κ1) is 23.1. The van der Waals surface area contributed by atoms with E-state index in [1.54, 1.807) is 17.0 Å². The van der Waals surface area contributed by atoms with Crippen LogP contribution in [0.3, 0.4) is 0 Å². The topological polar surface area (TPSA) is 76.0 Å². The first-order valence-corrected chi connectivity index (χ1v) is 10.5. The van der Waals surface area contributed by atoms with Crippen molar-refractivity contribution in [3.8, 4) is 0 Å².